The third-order valence-corrected chi connectivity index (χ3v) is 3.85. The summed E-state index contributed by atoms with van der Waals surface area (Å²) in [5.41, 5.74) is 2.17. The van der Waals surface area contributed by atoms with Gasteiger partial charge in [0.2, 0.25) is 0 Å². The van der Waals surface area contributed by atoms with E-state index in [1.807, 2.05) is 32.9 Å². The van der Waals surface area contributed by atoms with Crippen molar-refractivity contribution in [2.45, 2.75) is 26.8 Å². The molecule has 4 nitrogen and oxygen atoms in total. The van der Waals surface area contributed by atoms with Gasteiger partial charge in [-0.05, 0) is 44.0 Å². The van der Waals surface area contributed by atoms with Crippen LogP contribution in [0.1, 0.15) is 18.1 Å². The number of rotatable bonds is 6. The van der Waals surface area contributed by atoms with Crippen LogP contribution in [0.15, 0.2) is 16.6 Å². The van der Waals surface area contributed by atoms with E-state index in [1.54, 1.807) is 7.11 Å². The van der Waals surface area contributed by atoms with Crippen molar-refractivity contribution in [2.24, 2.45) is 0 Å². The summed E-state index contributed by atoms with van der Waals surface area (Å²) in [7, 11) is 1.60. The van der Waals surface area contributed by atoms with Crippen molar-refractivity contribution in [1.82, 2.24) is 5.32 Å². The van der Waals surface area contributed by atoms with Crippen LogP contribution in [-0.4, -0.2) is 32.3 Å². The average molecular weight is 330 g/mol. The molecule has 0 heterocycles. The molecule has 0 saturated heterocycles. The minimum Gasteiger partial charge on any atom is -0.484 e. The molecule has 0 fully saturated rings. The van der Waals surface area contributed by atoms with Gasteiger partial charge >= 0.3 is 0 Å². The molecule has 19 heavy (non-hydrogen) atoms. The molecule has 1 amide bonds. The van der Waals surface area contributed by atoms with Gasteiger partial charge in [0.05, 0.1) is 6.61 Å². The van der Waals surface area contributed by atoms with Crippen LogP contribution in [0.2, 0.25) is 0 Å². The second-order valence-corrected chi connectivity index (χ2v) is 5.38. The summed E-state index contributed by atoms with van der Waals surface area (Å²) in [6.45, 7) is 6.36. The molecule has 1 unspecified atom stereocenters. The molecule has 1 aromatic carbocycles. The molecule has 0 saturated carbocycles. The molecule has 0 aliphatic rings. The topological polar surface area (TPSA) is 47.6 Å². The number of hydrogen-bond acceptors (Lipinski definition) is 3. The summed E-state index contributed by atoms with van der Waals surface area (Å²) in [6, 6.07) is 3.79. The molecule has 5 heteroatoms. The maximum Gasteiger partial charge on any atom is 0.258 e. The molecule has 0 radical (unpaired) electrons. The van der Waals surface area contributed by atoms with E-state index in [2.05, 4.69) is 21.2 Å². The van der Waals surface area contributed by atoms with Gasteiger partial charge in [-0.3, -0.25) is 4.79 Å². The Morgan fingerprint density at radius 3 is 2.47 bits per heavy atom. The fourth-order valence-corrected chi connectivity index (χ4v) is 1.98. The lowest BCUT2D eigenvalue weighted by Gasteiger charge is -2.14. The van der Waals surface area contributed by atoms with Crippen molar-refractivity contribution in [3.63, 3.8) is 0 Å². The first-order valence-corrected chi connectivity index (χ1v) is 6.91. The number of benzene rings is 1. The van der Waals surface area contributed by atoms with E-state index in [0.29, 0.717) is 12.4 Å². The number of nitrogens with one attached hydrogen (secondary N) is 1. The molecule has 0 aliphatic carbocycles. The number of hydrogen-bond donors (Lipinski definition) is 1. The number of ether oxygens (including phenoxy) is 2. The van der Waals surface area contributed by atoms with Gasteiger partial charge < -0.3 is 14.8 Å². The maximum absolute atomic E-state index is 11.6. The van der Waals surface area contributed by atoms with Crippen LogP contribution in [0.25, 0.3) is 0 Å². The van der Waals surface area contributed by atoms with Crippen molar-refractivity contribution in [3.8, 4) is 5.75 Å². The second kappa shape index (κ2) is 7.50. The van der Waals surface area contributed by atoms with Crippen molar-refractivity contribution < 1.29 is 14.3 Å². The zero-order chi connectivity index (χ0) is 14.4. The van der Waals surface area contributed by atoms with Gasteiger partial charge in [-0.25, -0.2) is 0 Å². The molecule has 0 aromatic heterocycles. The third kappa shape index (κ3) is 5.20. The van der Waals surface area contributed by atoms with Crippen LogP contribution in [-0.2, 0) is 9.53 Å². The monoisotopic (exact) mass is 329 g/mol. The van der Waals surface area contributed by atoms with E-state index >= 15 is 0 Å². The van der Waals surface area contributed by atoms with E-state index in [0.717, 1.165) is 15.6 Å². The van der Waals surface area contributed by atoms with Crippen LogP contribution in [0, 0.1) is 13.8 Å². The standard InChI is InChI=1S/C14H20BrNO3/c1-9-5-12(6-10(2)14(9)15)19-8-13(17)16-11(3)7-18-4/h5-6,11H,7-8H2,1-4H3,(H,16,17). The molecule has 1 aromatic rings. The van der Waals surface area contributed by atoms with E-state index < -0.39 is 0 Å². The zero-order valence-electron chi connectivity index (χ0n) is 11.7. The fourth-order valence-electron chi connectivity index (χ4n) is 1.75. The number of amides is 1. The Hall–Kier alpha value is -1.07. The van der Waals surface area contributed by atoms with E-state index in [9.17, 15) is 4.79 Å². The van der Waals surface area contributed by atoms with Gasteiger partial charge in [0, 0.05) is 17.6 Å². The first-order chi connectivity index (χ1) is 8.93. The molecular formula is C14H20BrNO3. The summed E-state index contributed by atoms with van der Waals surface area (Å²) in [4.78, 5) is 11.6. The Morgan fingerprint density at radius 2 is 1.95 bits per heavy atom. The Bertz CT molecular complexity index is 425. The number of carbonyl (C=O) groups is 1. The summed E-state index contributed by atoms with van der Waals surface area (Å²) in [5, 5.41) is 2.79. The van der Waals surface area contributed by atoms with Crippen molar-refractivity contribution >= 4 is 21.8 Å². The highest BCUT2D eigenvalue weighted by Crippen LogP contribution is 2.26. The van der Waals surface area contributed by atoms with Crippen LogP contribution in [0.4, 0.5) is 0 Å². The SMILES string of the molecule is COCC(C)NC(=O)COc1cc(C)c(Br)c(C)c1. The summed E-state index contributed by atoms with van der Waals surface area (Å²) < 4.78 is 11.5. The van der Waals surface area contributed by atoms with E-state index in [-0.39, 0.29) is 18.6 Å². The molecule has 1 rings (SSSR count). The zero-order valence-corrected chi connectivity index (χ0v) is 13.3. The van der Waals surface area contributed by atoms with Crippen LogP contribution in [0.3, 0.4) is 0 Å². The minimum atomic E-state index is -0.150. The fraction of sp³-hybridized carbons (Fsp3) is 0.500. The third-order valence-electron chi connectivity index (χ3n) is 2.60. The predicted molar refractivity (Wildman–Crippen MR) is 78.6 cm³/mol. The quantitative estimate of drug-likeness (QED) is 0.872. The van der Waals surface area contributed by atoms with Gasteiger partial charge in [-0.1, -0.05) is 15.9 Å². The average Bonchev–Trinajstić information content (AvgIpc) is 2.33. The second-order valence-electron chi connectivity index (χ2n) is 4.58. The van der Waals surface area contributed by atoms with Crippen LogP contribution in [0.5, 0.6) is 5.75 Å². The molecule has 0 bridgehead atoms. The first kappa shape index (κ1) is 16.0. The van der Waals surface area contributed by atoms with Crippen LogP contribution < -0.4 is 10.1 Å². The van der Waals surface area contributed by atoms with Gasteiger partial charge in [-0.15, -0.1) is 0 Å². The Labute approximate surface area is 122 Å². The number of methoxy groups -OCH3 is 1. The Morgan fingerprint density at radius 1 is 1.37 bits per heavy atom. The molecule has 106 valence electrons. The maximum atomic E-state index is 11.6. The molecular weight excluding hydrogens is 310 g/mol. The normalized spacial score (nSPS) is 12.1. The number of aryl methyl sites for hydroxylation is 2. The van der Waals surface area contributed by atoms with Gasteiger partial charge in [0.25, 0.3) is 5.91 Å². The van der Waals surface area contributed by atoms with E-state index in [4.69, 9.17) is 9.47 Å². The van der Waals surface area contributed by atoms with Crippen molar-refractivity contribution in [3.05, 3.63) is 27.7 Å². The van der Waals surface area contributed by atoms with Crippen LogP contribution >= 0.6 is 15.9 Å². The smallest absolute Gasteiger partial charge is 0.258 e. The number of carbonyl (C=O) groups excluding carboxylic acids is 1. The number of halogens is 1. The molecule has 1 atom stereocenters. The molecule has 0 aliphatic heterocycles. The van der Waals surface area contributed by atoms with Gasteiger partial charge in [-0.2, -0.15) is 0 Å². The Balaban J connectivity index is 2.51. The summed E-state index contributed by atoms with van der Waals surface area (Å²) in [6.07, 6.45) is 0. The largest absolute Gasteiger partial charge is 0.484 e. The lowest BCUT2D eigenvalue weighted by molar-refractivity contribution is -0.124. The summed E-state index contributed by atoms with van der Waals surface area (Å²) in [5.74, 6) is 0.551. The highest BCUT2D eigenvalue weighted by atomic mass is 79.9. The van der Waals surface area contributed by atoms with Crippen molar-refractivity contribution in [1.29, 1.82) is 0 Å². The summed E-state index contributed by atoms with van der Waals surface area (Å²) >= 11 is 3.49. The highest BCUT2D eigenvalue weighted by molar-refractivity contribution is 9.10. The molecule has 0 spiro atoms. The highest BCUT2D eigenvalue weighted by Gasteiger charge is 2.09. The predicted octanol–water partition coefficient (Wildman–Crippen LogP) is 2.60. The Kier molecular flexibility index (Phi) is 6.31. The minimum absolute atomic E-state index is 0.00850. The first-order valence-electron chi connectivity index (χ1n) is 6.12. The van der Waals surface area contributed by atoms with E-state index in [1.165, 1.54) is 0 Å². The van der Waals surface area contributed by atoms with Crippen molar-refractivity contribution in [2.75, 3.05) is 20.3 Å². The van der Waals surface area contributed by atoms with Gasteiger partial charge in [0.1, 0.15) is 5.75 Å². The molecule has 1 N–H and O–H groups in total. The lowest BCUT2D eigenvalue weighted by atomic mass is 10.1. The van der Waals surface area contributed by atoms with Gasteiger partial charge in [0.15, 0.2) is 6.61 Å². The lowest BCUT2D eigenvalue weighted by Crippen LogP contribution is -2.38.